The Labute approximate surface area is 256 Å². The van der Waals surface area contributed by atoms with Crippen LogP contribution in [-0.4, -0.2) is 73.1 Å². The molecule has 4 heterocycles. The summed E-state index contributed by atoms with van der Waals surface area (Å²) in [5.74, 6) is 1.32. The number of imidazole rings is 1. The molecule has 6 rings (SSSR count). The zero-order chi connectivity index (χ0) is 30.8. The molecule has 5 aromatic rings. The molecule has 3 aromatic heterocycles. The third-order valence-electron chi connectivity index (χ3n) is 7.42. The smallest absolute Gasteiger partial charge is 0.269 e. The molecule has 2 aromatic carbocycles. The molecule has 1 saturated heterocycles. The lowest BCUT2D eigenvalue weighted by Crippen LogP contribution is -2.49. The first-order chi connectivity index (χ1) is 21.3. The first-order valence-corrected chi connectivity index (χ1v) is 14.3. The molecule has 0 unspecified atom stereocenters. The number of amides is 1. The molecular formula is C30H28ClN9O4. The lowest BCUT2D eigenvalue weighted by molar-refractivity contribution is -0.384. The summed E-state index contributed by atoms with van der Waals surface area (Å²) in [6.45, 7) is 8.27. The highest BCUT2D eigenvalue weighted by molar-refractivity contribution is 6.33. The van der Waals surface area contributed by atoms with E-state index in [0.29, 0.717) is 89.8 Å². The topological polar surface area (TPSA) is 148 Å². The number of nitrogens with zero attached hydrogens (tertiary/aromatic N) is 8. The molecule has 44 heavy (non-hydrogen) atoms. The van der Waals surface area contributed by atoms with E-state index in [1.807, 2.05) is 27.7 Å². The maximum absolute atomic E-state index is 13.7. The van der Waals surface area contributed by atoms with Crippen LogP contribution in [0, 0.1) is 17.0 Å². The molecule has 0 radical (unpaired) electrons. The quantitative estimate of drug-likeness (QED) is 0.137. The average molecular weight is 614 g/mol. The third-order valence-corrected chi connectivity index (χ3v) is 7.75. The number of carbonyl (C=O) groups excluding carboxylic acids is 1. The molecule has 1 aliphatic heterocycles. The number of benzene rings is 2. The molecule has 0 saturated carbocycles. The van der Waals surface area contributed by atoms with Crippen LogP contribution in [-0.2, 0) is 6.54 Å². The fourth-order valence-corrected chi connectivity index (χ4v) is 5.36. The van der Waals surface area contributed by atoms with Crippen molar-refractivity contribution in [1.29, 1.82) is 0 Å². The van der Waals surface area contributed by atoms with Gasteiger partial charge in [-0.3, -0.25) is 14.9 Å². The fraction of sp³-hybridized carbons (Fsp3) is 0.233. The average Bonchev–Trinajstić information content (AvgIpc) is 3.63. The van der Waals surface area contributed by atoms with Gasteiger partial charge < -0.3 is 24.2 Å². The van der Waals surface area contributed by atoms with E-state index in [2.05, 4.69) is 22.0 Å². The standard InChI is InChI=1S/C30H28ClN9O4/c1-3-12-32-27-26-28(39(18-33-26)17-20-8-10-21(11-9-20)40(42)43)35-30(34-27)38-15-13-37(14-16-38)29(41)24-19(2)44-36-25(24)22-6-4-5-7-23(22)31/h3-11,18H,1,12-17H2,2H3,(H,32,34,35). The second-order valence-corrected chi connectivity index (χ2v) is 10.6. The molecule has 1 N–H and O–H groups in total. The van der Waals surface area contributed by atoms with Crippen molar-refractivity contribution in [2.75, 3.05) is 42.9 Å². The number of rotatable bonds is 9. The minimum absolute atomic E-state index is 0.0293. The highest BCUT2D eigenvalue weighted by Gasteiger charge is 2.30. The van der Waals surface area contributed by atoms with Gasteiger partial charge in [0.25, 0.3) is 11.6 Å². The Morgan fingerprint density at radius 1 is 1.14 bits per heavy atom. The van der Waals surface area contributed by atoms with Crippen molar-refractivity contribution in [3.05, 3.63) is 99.5 Å². The normalized spacial score (nSPS) is 13.3. The van der Waals surface area contributed by atoms with Crippen molar-refractivity contribution in [2.45, 2.75) is 13.5 Å². The number of nitrogens with one attached hydrogen (secondary N) is 1. The Balaban J connectivity index is 1.24. The van der Waals surface area contributed by atoms with E-state index in [1.54, 1.807) is 42.4 Å². The van der Waals surface area contributed by atoms with E-state index in [9.17, 15) is 14.9 Å². The zero-order valence-electron chi connectivity index (χ0n) is 23.8. The van der Waals surface area contributed by atoms with E-state index in [4.69, 9.17) is 26.1 Å². The van der Waals surface area contributed by atoms with Crippen molar-refractivity contribution < 1.29 is 14.2 Å². The molecule has 0 atom stereocenters. The van der Waals surface area contributed by atoms with Crippen molar-refractivity contribution >= 4 is 46.1 Å². The van der Waals surface area contributed by atoms with Gasteiger partial charge in [0.05, 0.1) is 22.8 Å². The Bertz CT molecular complexity index is 1860. The number of aromatic nitrogens is 5. The van der Waals surface area contributed by atoms with Crippen LogP contribution >= 0.6 is 11.6 Å². The molecule has 13 nitrogen and oxygen atoms in total. The monoisotopic (exact) mass is 613 g/mol. The van der Waals surface area contributed by atoms with Crippen LogP contribution in [0.3, 0.4) is 0 Å². The number of aryl methyl sites for hydroxylation is 1. The summed E-state index contributed by atoms with van der Waals surface area (Å²) >= 11 is 6.40. The molecule has 1 aliphatic rings. The van der Waals surface area contributed by atoms with Crippen LogP contribution in [0.25, 0.3) is 22.4 Å². The number of anilines is 2. The number of hydrogen-bond donors (Lipinski definition) is 1. The van der Waals surface area contributed by atoms with Crippen LogP contribution in [0.15, 0.2) is 72.0 Å². The van der Waals surface area contributed by atoms with Gasteiger partial charge in [-0.1, -0.05) is 53.2 Å². The molecule has 0 aliphatic carbocycles. The van der Waals surface area contributed by atoms with Crippen LogP contribution in [0.1, 0.15) is 21.7 Å². The van der Waals surface area contributed by atoms with Crippen LogP contribution in [0.5, 0.6) is 0 Å². The molecule has 224 valence electrons. The van der Waals surface area contributed by atoms with Crippen LogP contribution < -0.4 is 10.2 Å². The minimum Gasteiger partial charge on any atom is -0.365 e. The lowest BCUT2D eigenvalue weighted by atomic mass is 10.0. The van der Waals surface area contributed by atoms with E-state index >= 15 is 0 Å². The van der Waals surface area contributed by atoms with Gasteiger partial charge >= 0.3 is 0 Å². The van der Waals surface area contributed by atoms with Crippen molar-refractivity contribution in [1.82, 2.24) is 29.6 Å². The molecule has 14 heteroatoms. The second-order valence-electron chi connectivity index (χ2n) is 10.2. The van der Waals surface area contributed by atoms with Gasteiger partial charge in [-0.2, -0.15) is 9.97 Å². The van der Waals surface area contributed by atoms with Crippen molar-refractivity contribution in [2.24, 2.45) is 0 Å². The van der Waals surface area contributed by atoms with E-state index in [0.717, 1.165) is 5.56 Å². The lowest BCUT2D eigenvalue weighted by Gasteiger charge is -2.34. The SMILES string of the molecule is C=CCNc1nc(N2CCN(C(=O)c3c(-c4ccccc4Cl)noc3C)CC2)nc2c1ncn2Cc1ccc([N+](=O)[O-])cc1. The first kappa shape index (κ1) is 28.8. The number of hydrogen-bond acceptors (Lipinski definition) is 10. The van der Waals surface area contributed by atoms with Crippen LogP contribution in [0.2, 0.25) is 5.02 Å². The zero-order valence-corrected chi connectivity index (χ0v) is 24.6. The summed E-state index contributed by atoms with van der Waals surface area (Å²) in [7, 11) is 0. The summed E-state index contributed by atoms with van der Waals surface area (Å²) in [4.78, 5) is 42.3. The van der Waals surface area contributed by atoms with E-state index in [1.165, 1.54) is 12.1 Å². The summed E-state index contributed by atoms with van der Waals surface area (Å²) in [6, 6.07) is 13.6. The first-order valence-electron chi connectivity index (χ1n) is 13.9. The second kappa shape index (κ2) is 12.1. The highest BCUT2D eigenvalue weighted by atomic mass is 35.5. The van der Waals surface area contributed by atoms with Gasteiger partial charge in [-0.25, -0.2) is 4.98 Å². The Morgan fingerprint density at radius 3 is 2.59 bits per heavy atom. The molecule has 0 spiro atoms. The number of nitro groups is 1. The Hall–Kier alpha value is -5.30. The summed E-state index contributed by atoms with van der Waals surface area (Å²) < 4.78 is 7.30. The Morgan fingerprint density at radius 2 is 1.89 bits per heavy atom. The fourth-order valence-electron chi connectivity index (χ4n) is 5.13. The predicted molar refractivity (Wildman–Crippen MR) is 166 cm³/mol. The minimum atomic E-state index is -0.425. The maximum atomic E-state index is 13.7. The van der Waals surface area contributed by atoms with Gasteiger partial charge in [0.15, 0.2) is 17.0 Å². The van der Waals surface area contributed by atoms with Crippen molar-refractivity contribution in [3.8, 4) is 11.3 Å². The predicted octanol–water partition coefficient (Wildman–Crippen LogP) is 4.96. The van der Waals surface area contributed by atoms with Gasteiger partial charge in [0.1, 0.15) is 17.0 Å². The van der Waals surface area contributed by atoms with Gasteiger partial charge in [0, 0.05) is 50.4 Å². The van der Waals surface area contributed by atoms with Crippen molar-refractivity contribution in [3.63, 3.8) is 0 Å². The van der Waals surface area contributed by atoms with E-state index in [-0.39, 0.29) is 11.6 Å². The molecule has 1 amide bonds. The highest BCUT2D eigenvalue weighted by Crippen LogP contribution is 2.32. The molecular weight excluding hydrogens is 586 g/mol. The van der Waals surface area contributed by atoms with Gasteiger partial charge in [-0.15, -0.1) is 6.58 Å². The summed E-state index contributed by atoms with van der Waals surface area (Å²) in [5, 5.41) is 18.9. The number of non-ortho nitro benzene ring substituents is 1. The van der Waals surface area contributed by atoms with Gasteiger partial charge in [0.2, 0.25) is 5.95 Å². The third kappa shape index (κ3) is 5.56. The van der Waals surface area contributed by atoms with Crippen LogP contribution in [0.4, 0.5) is 17.5 Å². The molecule has 1 fully saturated rings. The maximum Gasteiger partial charge on any atom is 0.269 e. The molecule has 0 bridgehead atoms. The Kier molecular flexibility index (Phi) is 7.94. The summed E-state index contributed by atoms with van der Waals surface area (Å²) in [6.07, 6.45) is 3.41. The number of piperazine rings is 1. The number of halogens is 1. The number of fused-ring (bicyclic) bond motifs is 1. The number of nitro benzene ring substituents is 1. The summed E-state index contributed by atoms with van der Waals surface area (Å²) in [5.41, 5.74) is 3.57. The van der Waals surface area contributed by atoms with E-state index < -0.39 is 4.92 Å². The largest absolute Gasteiger partial charge is 0.365 e. The number of carbonyl (C=O) groups is 1. The van der Waals surface area contributed by atoms with Gasteiger partial charge in [-0.05, 0) is 18.6 Å².